The maximum absolute atomic E-state index is 12.3. The van der Waals surface area contributed by atoms with Gasteiger partial charge in [0.05, 0.1) is 24.9 Å². The van der Waals surface area contributed by atoms with Crippen molar-refractivity contribution < 1.29 is 17.9 Å². The van der Waals surface area contributed by atoms with Gasteiger partial charge in [-0.3, -0.25) is 4.79 Å². The molecular weight excluding hydrogens is 324 g/mol. The molecule has 3 rings (SSSR count). The summed E-state index contributed by atoms with van der Waals surface area (Å²) in [4.78, 5) is 14.1. The number of nitrogens with one attached hydrogen (secondary N) is 1. The number of thiophene rings is 1. The summed E-state index contributed by atoms with van der Waals surface area (Å²) >= 11 is 1.51. The maximum atomic E-state index is 12.3. The first-order valence-corrected chi connectivity index (χ1v) is 10.1. The van der Waals surface area contributed by atoms with E-state index in [0.717, 1.165) is 18.4 Å². The zero-order chi connectivity index (χ0) is 15.8. The zero-order valence-corrected chi connectivity index (χ0v) is 14.1. The molecule has 1 amide bonds. The highest BCUT2D eigenvalue weighted by Crippen LogP contribution is 2.42. The van der Waals surface area contributed by atoms with Gasteiger partial charge in [0.25, 0.3) is 5.91 Å². The largest absolute Gasteiger partial charge is 0.371 e. The van der Waals surface area contributed by atoms with Crippen molar-refractivity contribution in [2.45, 2.75) is 18.4 Å². The van der Waals surface area contributed by atoms with Gasteiger partial charge < -0.3 is 9.64 Å². The lowest BCUT2D eigenvalue weighted by Crippen LogP contribution is -2.66. The predicted octanol–water partition coefficient (Wildman–Crippen LogP) is 0.919. The van der Waals surface area contributed by atoms with E-state index in [0.29, 0.717) is 32.2 Å². The molecule has 1 atom stereocenters. The Morgan fingerprint density at radius 2 is 2.32 bits per heavy atom. The summed E-state index contributed by atoms with van der Waals surface area (Å²) in [7, 11) is -3.15. The van der Waals surface area contributed by atoms with E-state index < -0.39 is 10.0 Å². The van der Waals surface area contributed by atoms with E-state index in [4.69, 9.17) is 4.74 Å². The summed E-state index contributed by atoms with van der Waals surface area (Å²) in [6.45, 7) is 2.31. The minimum absolute atomic E-state index is 0.0513. The number of carbonyl (C=O) groups excluding carboxylic acids is 1. The fourth-order valence-corrected chi connectivity index (χ4v) is 4.39. The average molecular weight is 344 g/mol. The van der Waals surface area contributed by atoms with Crippen molar-refractivity contribution in [2.24, 2.45) is 5.92 Å². The monoisotopic (exact) mass is 344 g/mol. The Hall–Kier alpha value is -0.960. The van der Waals surface area contributed by atoms with E-state index in [1.54, 1.807) is 0 Å². The van der Waals surface area contributed by atoms with Crippen LogP contribution in [0.5, 0.6) is 0 Å². The molecule has 0 saturated carbocycles. The molecule has 1 unspecified atom stereocenters. The van der Waals surface area contributed by atoms with Crippen LogP contribution >= 0.6 is 11.3 Å². The van der Waals surface area contributed by atoms with Gasteiger partial charge in [0.15, 0.2) is 0 Å². The first-order valence-electron chi connectivity index (χ1n) is 7.30. The lowest BCUT2D eigenvalue weighted by molar-refractivity contribution is -0.117. The van der Waals surface area contributed by atoms with Crippen LogP contribution in [0.25, 0.3) is 0 Å². The third-order valence-electron chi connectivity index (χ3n) is 4.43. The van der Waals surface area contributed by atoms with Gasteiger partial charge >= 0.3 is 0 Å². The zero-order valence-electron chi connectivity index (χ0n) is 12.4. The molecule has 122 valence electrons. The normalized spacial score (nSPS) is 23.7. The number of rotatable bonds is 5. The third kappa shape index (κ3) is 3.19. The van der Waals surface area contributed by atoms with Crippen LogP contribution < -0.4 is 4.72 Å². The number of sulfonamides is 1. The lowest BCUT2D eigenvalue weighted by atomic mass is 9.79. The smallest absolute Gasteiger partial charge is 0.254 e. The number of likely N-dealkylation sites (tertiary alicyclic amines) is 1. The lowest BCUT2D eigenvalue weighted by Gasteiger charge is -2.50. The summed E-state index contributed by atoms with van der Waals surface area (Å²) in [6.07, 6.45) is 2.83. The number of hydrogen-bond acceptors (Lipinski definition) is 5. The Kier molecular flexibility index (Phi) is 4.28. The number of hydrogen-bond donors (Lipinski definition) is 1. The fourth-order valence-electron chi connectivity index (χ4n) is 3.27. The standard InChI is InChI=1S/C14H20N2O4S2/c1-22(18,19)15-5-2-12-3-6-20-14(12)9-16(10-14)13(17)11-4-7-21-8-11/h4,7-8,12,15H,2-3,5-6,9-10H2,1H3. The second kappa shape index (κ2) is 5.92. The van der Waals surface area contributed by atoms with Crippen LogP contribution in [0.3, 0.4) is 0 Å². The number of nitrogens with zero attached hydrogens (tertiary/aromatic N) is 1. The highest BCUT2D eigenvalue weighted by Gasteiger charge is 2.54. The molecule has 1 N–H and O–H groups in total. The average Bonchev–Trinajstić information content (AvgIpc) is 3.03. The molecule has 1 aromatic heterocycles. The molecule has 1 spiro atoms. The molecule has 2 saturated heterocycles. The summed E-state index contributed by atoms with van der Waals surface area (Å²) in [5.74, 6) is 0.351. The van der Waals surface area contributed by atoms with E-state index >= 15 is 0 Å². The first kappa shape index (κ1) is 15.9. The SMILES string of the molecule is CS(=O)(=O)NCCC1CCOC12CN(C(=O)c1ccsc1)C2. The summed E-state index contributed by atoms with van der Waals surface area (Å²) in [5, 5.41) is 3.75. The van der Waals surface area contributed by atoms with Crippen LogP contribution in [0.2, 0.25) is 0 Å². The van der Waals surface area contributed by atoms with Crippen LogP contribution in [0.1, 0.15) is 23.2 Å². The number of amides is 1. The van der Waals surface area contributed by atoms with Crippen LogP contribution in [0.15, 0.2) is 16.8 Å². The van der Waals surface area contributed by atoms with Crippen LogP contribution in [0.4, 0.5) is 0 Å². The summed E-state index contributed by atoms with van der Waals surface area (Å²) in [6, 6.07) is 1.83. The molecule has 6 nitrogen and oxygen atoms in total. The number of carbonyl (C=O) groups is 1. The Balaban J connectivity index is 1.55. The molecule has 0 radical (unpaired) electrons. The minimum atomic E-state index is -3.15. The molecular formula is C14H20N2O4S2. The van der Waals surface area contributed by atoms with Crippen molar-refractivity contribution in [1.29, 1.82) is 0 Å². The van der Waals surface area contributed by atoms with Crippen molar-refractivity contribution >= 4 is 27.3 Å². The Morgan fingerprint density at radius 1 is 1.55 bits per heavy atom. The van der Waals surface area contributed by atoms with Gasteiger partial charge in [-0.05, 0) is 30.2 Å². The van der Waals surface area contributed by atoms with E-state index in [2.05, 4.69) is 4.72 Å². The molecule has 3 heterocycles. The maximum Gasteiger partial charge on any atom is 0.254 e. The van der Waals surface area contributed by atoms with Gasteiger partial charge in [0.1, 0.15) is 5.60 Å². The van der Waals surface area contributed by atoms with Crippen LogP contribution in [-0.4, -0.2) is 57.3 Å². The van der Waals surface area contributed by atoms with E-state index in [9.17, 15) is 13.2 Å². The molecule has 2 fully saturated rings. The Bertz CT molecular complexity index is 636. The molecule has 1 aromatic rings. The fraction of sp³-hybridized carbons (Fsp3) is 0.643. The van der Waals surface area contributed by atoms with Gasteiger partial charge in [0.2, 0.25) is 10.0 Å². The highest BCUT2D eigenvalue weighted by atomic mass is 32.2. The van der Waals surface area contributed by atoms with Gasteiger partial charge in [-0.15, -0.1) is 0 Å². The second-order valence-corrected chi connectivity index (χ2v) is 8.64. The topological polar surface area (TPSA) is 75.7 Å². The summed E-state index contributed by atoms with van der Waals surface area (Å²) < 4.78 is 30.7. The van der Waals surface area contributed by atoms with Gasteiger partial charge in [-0.25, -0.2) is 13.1 Å². The van der Waals surface area contributed by atoms with Crippen LogP contribution in [0, 0.1) is 5.92 Å². The molecule has 0 aliphatic carbocycles. The second-order valence-electron chi connectivity index (χ2n) is 6.03. The number of ether oxygens (including phenoxy) is 1. The van der Waals surface area contributed by atoms with Crippen molar-refractivity contribution in [1.82, 2.24) is 9.62 Å². The van der Waals surface area contributed by atoms with Crippen molar-refractivity contribution in [3.05, 3.63) is 22.4 Å². The van der Waals surface area contributed by atoms with E-state index in [-0.39, 0.29) is 11.5 Å². The summed E-state index contributed by atoms with van der Waals surface area (Å²) in [5.41, 5.74) is 0.457. The molecule has 2 aliphatic rings. The Labute approximate surface area is 134 Å². The minimum Gasteiger partial charge on any atom is -0.371 e. The van der Waals surface area contributed by atoms with Crippen molar-refractivity contribution in [3.8, 4) is 0 Å². The van der Waals surface area contributed by atoms with E-state index in [1.807, 2.05) is 21.7 Å². The van der Waals surface area contributed by atoms with Crippen LogP contribution in [-0.2, 0) is 14.8 Å². The van der Waals surface area contributed by atoms with Gasteiger partial charge in [0, 0.05) is 18.5 Å². The predicted molar refractivity (Wildman–Crippen MR) is 84.5 cm³/mol. The third-order valence-corrected chi connectivity index (χ3v) is 5.84. The van der Waals surface area contributed by atoms with Crippen molar-refractivity contribution in [2.75, 3.05) is 32.5 Å². The molecule has 8 heteroatoms. The molecule has 0 bridgehead atoms. The van der Waals surface area contributed by atoms with Gasteiger partial charge in [-0.2, -0.15) is 11.3 Å². The first-order chi connectivity index (χ1) is 10.4. The van der Waals surface area contributed by atoms with Gasteiger partial charge in [-0.1, -0.05) is 0 Å². The molecule has 22 heavy (non-hydrogen) atoms. The quantitative estimate of drug-likeness (QED) is 0.862. The molecule has 0 aromatic carbocycles. The van der Waals surface area contributed by atoms with E-state index in [1.165, 1.54) is 17.6 Å². The molecule has 2 aliphatic heterocycles. The highest BCUT2D eigenvalue weighted by molar-refractivity contribution is 7.88. The Morgan fingerprint density at radius 3 is 2.95 bits per heavy atom. The van der Waals surface area contributed by atoms with Crippen molar-refractivity contribution in [3.63, 3.8) is 0 Å².